The molecule has 0 aliphatic rings. The lowest BCUT2D eigenvalue weighted by Crippen LogP contribution is -2.30. The van der Waals surface area contributed by atoms with E-state index in [0.29, 0.717) is 19.3 Å². The fraction of sp³-hybridized carbons (Fsp3) is 0.932. The van der Waals surface area contributed by atoms with Crippen molar-refractivity contribution in [3.05, 3.63) is 12.2 Å². The van der Waals surface area contributed by atoms with Gasteiger partial charge in [0.15, 0.2) is 6.10 Å². The van der Waals surface area contributed by atoms with Gasteiger partial charge >= 0.3 is 17.9 Å². The van der Waals surface area contributed by atoms with Gasteiger partial charge in [-0.25, -0.2) is 0 Å². The summed E-state index contributed by atoms with van der Waals surface area (Å²) < 4.78 is 16.9. The summed E-state index contributed by atoms with van der Waals surface area (Å²) in [5, 5.41) is 0. The fourth-order valence-electron chi connectivity index (χ4n) is 11.3. The first-order valence-corrected chi connectivity index (χ1v) is 36.2. The monoisotopic (exact) mass is 1110 g/mol. The number of rotatable bonds is 68. The van der Waals surface area contributed by atoms with E-state index >= 15 is 0 Å². The van der Waals surface area contributed by atoms with Gasteiger partial charge in [-0.05, 0) is 44.9 Å². The van der Waals surface area contributed by atoms with Crippen LogP contribution in [0.5, 0.6) is 0 Å². The van der Waals surface area contributed by atoms with Crippen LogP contribution in [0.4, 0.5) is 0 Å². The van der Waals surface area contributed by atoms with Crippen LogP contribution in [0.25, 0.3) is 0 Å². The maximum absolute atomic E-state index is 12.9. The van der Waals surface area contributed by atoms with Crippen molar-refractivity contribution in [3.63, 3.8) is 0 Å². The normalized spacial score (nSPS) is 12.0. The zero-order valence-corrected chi connectivity index (χ0v) is 53.9. The SMILES string of the molecule is CCCCCCCCC/C=C\CCCCCCCCCC(=O)OC(COC(=O)CCCCCCCCCC)COC(=O)CCCCCCCCCCCCCCCCCCCCCCCCCCCCCCCCCCCCC. The predicted octanol–water partition coefficient (Wildman–Crippen LogP) is 24.8. The van der Waals surface area contributed by atoms with Gasteiger partial charge in [-0.2, -0.15) is 0 Å². The van der Waals surface area contributed by atoms with Crippen LogP contribution < -0.4 is 0 Å². The lowest BCUT2D eigenvalue weighted by molar-refractivity contribution is -0.167. The summed E-state index contributed by atoms with van der Waals surface area (Å²) in [6, 6.07) is 0. The number of unbranched alkanes of at least 4 members (excludes halogenated alkanes) is 55. The molecule has 6 heteroatoms. The van der Waals surface area contributed by atoms with Crippen molar-refractivity contribution in [2.75, 3.05) is 13.2 Å². The molecule has 1 atom stereocenters. The van der Waals surface area contributed by atoms with Gasteiger partial charge in [0.1, 0.15) is 13.2 Å². The highest BCUT2D eigenvalue weighted by molar-refractivity contribution is 5.71. The summed E-state index contributed by atoms with van der Waals surface area (Å²) in [5.41, 5.74) is 0. The quantitative estimate of drug-likeness (QED) is 0.0261. The second kappa shape index (κ2) is 68.6. The molecular formula is C73H140O6. The number of hydrogen-bond donors (Lipinski definition) is 0. The number of allylic oxidation sites excluding steroid dienone is 2. The minimum atomic E-state index is -0.767. The highest BCUT2D eigenvalue weighted by Gasteiger charge is 2.19. The summed E-state index contributed by atoms with van der Waals surface area (Å²) in [6.07, 6.45) is 82.9. The van der Waals surface area contributed by atoms with Gasteiger partial charge in [-0.3, -0.25) is 14.4 Å². The summed E-state index contributed by atoms with van der Waals surface area (Å²) in [7, 11) is 0. The molecule has 0 aromatic heterocycles. The molecule has 0 rings (SSSR count). The standard InChI is InChI=1S/C73H140O6/c1-4-7-10-13-16-19-21-23-25-27-29-30-31-32-33-34-35-36-37-38-39-40-41-42-43-44-45-47-48-50-52-54-57-60-63-66-72(75)78-69-70(68-77-71(74)65-62-59-56-18-15-12-9-6-3)79-73(76)67-64-61-58-55-53-51-49-46-28-26-24-22-20-17-14-11-8-5-2/h26,28,70H,4-25,27,29-69H2,1-3H3/b28-26-. The molecule has 0 amide bonds. The van der Waals surface area contributed by atoms with E-state index in [1.165, 1.54) is 321 Å². The molecule has 468 valence electrons. The Bertz CT molecular complexity index is 1230. The molecule has 0 aromatic carbocycles. The number of carbonyl (C=O) groups is 3. The van der Waals surface area contributed by atoms with Gasteiger partial charge in [0.2, 0.25) is 0 Å². The molecule has 79 heavy (non-hydrogen) atoms. The largest absolute Gasteiger partial charge is 0.462 e. The van der Waals surface area contributed by atoms with E-state index < -0.39 is 6.10 Å². The Morgan fingerprint density at radius 3 is 0.633 bits per heavy atom. The lowest BCUT2D eigenvalue weighted by Gasteiger charge is -2.18. The average Bonchev–Trinajstić information content (AvgIpc) is 3.45. The van der Waals surface area contributed by atoms with Crippen LogP contribution in [0, 0.1) is 0 Å². The minimum Gasteiger partial charge on any atom is -0.462 e. The lowest BCUT2D eigenvalue weighted by atomic mass is 10.0. The zero-order chi connectivity index (χ0) is 57.1. The van der Waals surface area contributed by atoms with Crippen molar-refractivity contribution < 1.29 is 28.6 Å². The van der Waals surface area contributed by atoms with E-state index in [4.69, 9.17) is 14.2 Å². The second-order valence-electron chi connectivity index (χ2n) is 24.9. The van der Waals surface area contributed by atoms with Gasteiger partial charge in [-0.1, -0.05) is 367 Å². The smallest absolute Gasteiger partial charge is 0.306 e. The highest BCUT2D eigenvalue weighted by Crippen LogP contribution is 2.19. The molecule has 0 aliphatic heterocycles. The number of ether oxygens (including phenoxy) is 3. The van der Waals surface area contributed by atoms with Crippen molar-refractivity contribution >= 4 is 17.9 Å². The van der Waals surface area contributed by atoms with Gasteiger partial charge in [0.25, 0.3) is 0 Å². The van der Waals surface area contributed by atoms with Crippen molar-refractivity contribution in [2.24, 2.45) is 0 Å². The highest BCUT2D eigenvalue weighted by atomic mass is 16.6. The van der Waals surface area contributed by atoms with E-state index in [2.05, 4.69) is 32.9 Å². The van der Waals surface area contributed by atoms with Crippen molar-refractivity contribution in [1.29, 1.82) is 0 Å². The number of carbonyl (C=O) groups excluding carboxylic acids is 3. The van der Waals surface area contributed by atoms with Crippen LogP contribution in [-0.4, -0.2) is 37.2 Å². The molecular weight excluding hydrogens is 973 g/mol. The molecule has 6 nitrogen and oxygen atoms in total. The molecule has 1 unspecified atom stereocenters. The maximum Gasteiger partial charge on any atom is 0.306 e. The van der Waals surface area contributed by atoms with E-state index in [0.717, 1.165) is 57.8 Å². The molecule has 0 saturated carbocycles. The van der Waals surface area contributed by atoms with E-state index in [-0.39, 0.29) is 31.1 Å². The van der Waals surface area contributed by atoms with Crippen LogP contribution in [-0.2, 0) is 28.6 Å². The number of esters is 3. The van der Waals surface area contributed by atoms with Crippen LogP contribution in [0.1, 0.15) is 419 Å². The third kappa shape index (κ3) is 66.8. The zero-order valence-electron chi connectivity index (χ0n) is 53.9. The molecule has 0 N–H and O–H groups in total. The van der Waals surface area contributed by atoms with E-state index in [1.54, 1.807) is 0 Å². The van der Waals surface area contributed by atoms with Crippen LogP contribution in [0.15, 0.2) is 12.2 Å². The molecule has 0 fully saturated rings. The van der Waals surface area contributed by atoms with E-state index in [9.17, 15) is 14.4 Å². The van der Waals surface area contributed by atoms with Gasteiger partial charge in [0, 0.05) is 19.3 Å². The van der Waals surface area contributed by atoms with Crippen LogP contribution in [0.3, 0.4) is 0 Å². The number of hydrogen-bond acceptors (Lipinski definition) is 6. The molecule has 0 saturated heterocycles. The Morgan fingerprint density at radius 1 is 0.241 bits per heavy atom. The first-order chi connectivity index (χ1) is 39.0. The first kappa shape index (κ1) is 77.2. The molecule has 0 spiro atoms. The summed E-state index contributed by atoms with van der Waals surface area (Å²) in [4.78, 5) is 38.2. The third-order valence-electron chi connectivity index (χ3n) is 16.8. The summed E-state index contributed by atoms with van der Waals surface area (Å²) in [6.45, 7) is 6.68. The molecule has 0 heterocycles. The molecule has 0 aromatic rings. The minimum absolute atomic E-state index is 0.0659. The average molecular weight is 1110 g/mol. The molecule has 0 radical (unpaired) electrons. The fourth-order valence-corrected chi connectivity index (χ4v) is 11.3. The van der Waals surface area contributed by atoms with Crippen LogP contribution >= 0.6 is 0 Å². The van der Waals surface area contributed by atoms with Crippen molar-refractivity contribution in [2.45, 2.75) is 425 Å². The summed E-state index contributed by atoms with van der Waals surface area (Å²) in [5.74, 6) is -0.846. The Kier molecular flexibility index (Phi) is 67.0. The van der Waals surface area contributed by atoms with E-state index in [1.807, 2.05) is 0 Å². The molecule has 0 bridgehead atoms. The Hall–Kier alpha value is -1.85. The second-order valence-corrected chi connectivity index (χ2v) is 24.9. The van der Waals surface area contributed by atoms with Gasteiger partial charge < -0.3 is 14.2 Å². The Labute approximate surface area is 494 Å². The maximum atomic E-state index is 12.9. The van der Waals surface area contributed by atoms with Crippen molar-refractivity contribution in [1.82, 2.24) is 0 Å². The van der Waals surface area contributed by atoms with Gasteiger partial charge in [0.05, 0.1) is 0 Å². The molecule has 0 aliphatic carbocycles. The van der Waals surface area contributed by atoms with Crippen LogP contribution in [0.2, 0.25) is 0 Å². The first-order valence-electron chi connectivity index (χ1n) is 36.2. The third-order valence-corrected chi connectivity index (χ3v) is 16.8. The summed E-state index contributed by atoms with van der Waals surface area (Å²) >= 11 is 0. The topological polar surface area (TPSA) is 78.9 Å². The Balaban J connectivity index is 3.93. The Morgan fingerprint density at radius 2 is 0.418 bits per heavy atom. The predicted molar refractivity (Wildman–Crippen MR) is 344 cm³/mol. The van der Waals surface area contributed by atoms with Crippen molar-refractivity contribution in [3.8, 4) is 0 Å². The van der Waals surface area contributed by atoms with Gasteiger partial charge in [-0.15, -0.1) is 0 Å².